The van der Waals surface area contributed by atoms with Gasteiger partial charge >= 0.3 is 6.18 Å². The van der Waals surface area contributed by atoms with Crippen LogP contribution in [0.3, 0.4) is 0 Å². The first-order valence-corrected chi connectivity index (χ1v) is 9.64. The number of anilines is 2. The van der Waals surface area contributed by atoms with Crippen LogP contribution in [0.2, 0.25) is 0 Å². The molecular formula is C23H21F3N4O. The molecule has 2 heterocycles. The molecule has 8 heteroatoms. The van der Waals surface area contributed by atoms with Crippen molar-refractivity contribution in [3.05, 3.63) is 77.7 Å². The van der Waals surface area contributed by atoms with E-state index in [-0.39, 0.29) is 5.69 Å². The molecule has 0 fully saturated rings. The molecule has 2 aromatic carbocycles. The lowest BCUT2D eigenvalue weighted by Gasteiger charge is -2.24. The van der Waals surface area contributed by atoms with E-state index in [1.165, 1.54) is 29.4 Å². The fraction of sp³-hybridized carbons (Fsp3) is 0.217. The second kappa shape index (κ2) is 7.61. The van der Waals surface area contributed by atoms with Crippen molar-refractivity contribution in [2.24, 2.45) is 0 Å². The van der Waals surface area contributed by atoms with E-state index >= 15 is 0 Å². The maximum absolute atomic E-state index is 13.8. The third-order valence-electron chi connectivity index (χ3n) is 5.35. The van der Waals surface area contributed by atoms with Crippen LogP contribution in [-0.4, -0.2) is 21.8 Å². The summed E-state index contributed by atoms with van der Waals surface area (Å²) in [5.41, 5.74) is 4.01. The van der Waals surface area contributed by atoms with Gasteiger partial charge in [-0.15, -0.1) is 0 Å². The highest BCUT2D eigenvalue weighted by Gasteiger charge is 2.34. The molecule has 0 aliphatic carbocycles. The summed E-state index contributed by atoms with van der Waals surface area (Å²) in [6.45, 7) is 5.62. The van der Waals surface area contributed by atoms with Crippen molar-refractivity contribution in [2.45, 2.75) is 26.9 Å². The first-order chi connectivity index (χ1) is 14.7. The van der Waals surface area contributed by atoms with Crippen molar-refractivity contribution in [3.63, 3.8) is 0 Å². The second-order valence-electron chi connectivity index (χ2n) is 7.43. The van der Waals surface area contributed by atoms with Crippen molar-refractivity contribution in [1.29, 1.82) is 0 Å². The summed E-state index contributed by atoms with van der Waals surface area (Å²) in [6.07, 6.45) is -0.218. The summed E-state index contributed by atoms with van der Waals surface area (Å²) in [5, 5.41) is 4.00. The molecule has 0 atom stereocenters. The molecule has 0 bridgehead atoms. The van der Waals surface area contributed by atoms with Gasteiger partial charge < -0.3 is 14.0 Å². The number of halogens is 3. The maximum atomic E-state index is 13.8. The predicted octanol–water partition coefficient (Wildman–Crippen LogP) is 6.24. The fourth-order valence-electron chi connectivity index (χ4n) is 3.75. The van der Waals surface area contributed by atoms with Crippen molar-refractivity contribution >= 4 is 11.4 Å². The fourth-order valence-corrected chi connectivity index (χ4v) is 3.75. The van der Waals surface area contributed by atoms with Crippen LogP contribution in [0, 0.1) is 20.8 Å². The van der Waals surface area contributed by atoms with Crippen LogP contribution in [0.15, 0.2) is 59.6 Å². The number of aromatic nitrogens is 3. The van der Waals surface area contributed by atoms with Crippen LogP contribution in [0.25, 0.3) is 16.8 Å². The molecule has 5 nitrogen and oxygen atoms in total. The summed E-state index contributed by atoms with van der Waals surface area (Å²) in [5.74, 6) is 0.694. The van der Waals surface area contributed by atoms with Gasteiger partial charge in [-0.05, 0) is 56.2 Å². The minimum atomic E-state index is -4.51. The Balaban J connectivity index is 1.80. The van der Waals surface area contributed by atoms with Crippen molar-refractivity contribution in [1.82, 2.24) is 14.7 Å². The minimum Gasteiger partial charge on any atom is -0.361 e. The van der Waals surface area contributed by atoms with E-state index < -0.39 is 11.7 Å². The average molecular weight is 426 g/mol. The summed E-state index contributed by atoms with van der Waals surface area (Å²) in [6, 6.07) is 10.1. The molecular weight excluding hydrogens is 405 g/mol. The van der Waals surface area contributed by atoms with Gasteiger partial charge in [-0.1, -0.05) is 17.3 Å². The zero-order valence-corrected chi connectivity index (χ0v) is 17.5. The third-order valence-corrected chi connectivity index (χ3v) is 5.35. The molecule has 2 aromatic heterocycles. The molecule has 4 rings (SSSR count). The van der Waals surface area contributed by atoms with E-state index in [4.69, 9.17) is 4.52 Å². The van der Waals surface area contributed by atoms with Gasteiger partial charge in [0.15, 0.2) is 0 Å². The topological polar surface area (TPSA) is 47.1 Å². The highest BCUT2D eigenvalue weighted by molar-refractivity contribution is 5.76. The van der Waals surface area contributed by atoms with E-state index in [9.17, 15) is 13.2 Å². The van der Waals surface area contributed by atoms with E-state index in [2.05, 4.69) is 10.1 Å². The highest BCUT2D eigenvalue weighted by atomic mass is 19.4. The molecule has 0 radical (unpaired) electrons. The monoisotopic (exact) mass is 426 g/mol. The molecule has 4 aromatic rings. The van der Waals surface area contributed by atoms with Crippen LogP contribution in [0.1, 0.15) is 22.6 Å². The molecule has 0 unspecified atom stereocenters. The second-order valence-corrected chi connectivity index (χ2v) is 7.43. The Labute approximate surface area is 177 Å². The van der Waals surface area contributed by atoms with Crippen LogP contribution < -0.4 is 4.90 Å². The van der Waals surface area contributed by atoms with Crippen LogP contribution in [0.5, 0.6) is 0 Å². The van der Waals surface area contributed by atoms with Crippen molar-refractivity contribution < 1.29 is 17.7 Å². The maximum Gasteiger partial charge on any atom is 0.418 e. The number of aryl methyl sites for hydroxylation is 3. The number of benzene rings is 2. The molecule has 0 saturated carbocycles. The smallest absolute Gasteiger partial charge is 0.361 e. The summed E-state index contributed by atoms with van der Waals surface area (Å²) in [7, 11) is 1.76. The predicted molar refractivity (Wildman–Crippen MR) is 113 cm³/mol. The molecule has 160 valence electrons. The van der Waals surface area contributed by atoms with E-state index in [0.717, 1.165) is 34.1 Å². The minimum absolute atomic E-state index is 0.0309. The van der Waals surface area contributed by atoms with Crippen LogP contribution in [-0.2, 0) is 6.18 Å². The lowest BCUT2D eigenvalue weighted by molar-refractivity contribution is -0.137. The van der Waals surface area contributed by atoms with E-state index in [1.807, 2.05) is 39.0 Å². The van der Waals surface area contributed by atoms with Gasteiger partial charge in [0.1, 0.15) is 5.76 Å². The van der Waals surface area contributed by atoms with Gasteiger partial charge in [0.05, 0.1) is 23.3 Å². The van der Waals surface area contributed by atoms with Crippen molar-refractivity contribution in [3.8, 4) is 16.8 Å². The van der Waals surface area contributed by atoms with Crippen molar-refractivity contribution in [2.75, 3.05) is 11.9 Å². The molecule has 0 N–H and O–H groups in total. The first-order valence-electron chi connectivity index (χ1n) is 9.64. The normalized spacial score (nSPS) is 11.7. The number of hydrogen-bond donors (Lipinski definition) is 0. The number of alkyl halides is 3. The number of rotatable bonds is 4. The molecule has 0 saturated heterocycles. The summed E-state index contributed by atoms with van der Waals surface area (Å²) in [4.78, 5) is 5.61. The zero-order chi connectivity index (χ0) is 22.3. The number of imidazole rings is 1. The molecule has 0 aliphatic heterocycles. The summed E-state index contributed by atoms with van der Waals surface area (Å²) >= 11 is 0. The van der Waals surface area contributed by atoms with E-state index in [1.54, 1.807) is 18.0 Å². The van der Waals surface area contributed by atoms with Gasteiger partial charge in [-0.2, -0.15) is 13.2 Å². The molecule has 0 aliphatic rings. The van der Waals surface area contributed by atoms with E-state index in [0.29, 0.717) is 11.4 Å². The third kappa shape index (κ3) is 3.81. The first kappa shape index (κ1) is 20.7. The zero-order valence-electron chi connectivity index (χ0n) is 17.5. The molecule has 0 amide bonds. The lowest BCUT2D eigenvalue weighted by Crippen LogP contribution is -2.15. The Hall–Kier alpha value is -3.55. The lowest BCUT2D eigenvalue weighted by atomic mass is 10.0. The molecule has 0 spiro atoms. The summed E-state index contributed by atoms with van der Waals surface area (Å²) < 4.78 is 48.1. The Kier molecular flexibility index (Phi) is 5.08. The van der Waals surface area contributed by atoms with Crippen LogP contribution in [0.4, 0.5) is 24.5 Å². The van der Waals surface area contributed by atoms with Crippen LogP contribution >= 0.6 is 0 Å². The average Bonchev–Trinajstić information content (AvgIpc) is 3.37. The van der Waals surface area contributed by atoms with Gasteiger partial charge in [0.25, 0.3) is 0 Å². The van der Waals surface area contributed by atoms with Gasteiger partial charge in [0.2, 0.25) is 0 Å². The quantitative estimate of drug-likeness (QED) is 0.388. The Bertz CT molecular complexity index is 1210. The molecule has 31 heavy (non-hydrogen) atoms. The van der Waals surface area contributed by atoms with Gasteiger partial charge in [-0.25, -0.2) is 4.98 Å². The number of hydrogen-bond acceptors (Lipinski definition) is 4. The Morgan fingerprint density at radius 2 is 1.81 bits per heavy atom. The Morgan fingerprint density at radius 3 is 2.42 bits per heavy atom. The SMILES string of the molecule is Cc1ccc(-c2c(C)noc2C)cc1N(C)c1ccc(-n2ccnc2)c(C(F)(F)F)c1. The number of nitrogens with zero attached hydrogens (tertiary/aromatic N) is 4. The Morgan fingerprint density at radius 1 is 1.03 bits per heavy atom. The van der Waals surface area contributed by atoms with Gasteiger partial charge in [0, 0.05) is 36.4 Å². The van der Waals surface area contributed by atoms with Gasteiger partial charge in [-0.3, -0.25) is 0 Å². The largest absolute Gasteiger partial charge is 0.418 e. The highest BCUT2D eigenvalue weighted by Crippen LogP contribution is 2.39. The standard InChI is InChI=1S/C23H21F3N4O/c1-14-5-6-17(22-15(2)28-31-16(22)3)11-21(14)29(4)18-7-8-20(30-10-9-27-13-30)19(12-18)23(24,25)26/h5-13H,1-4H3.